The molecule has 0 amide bonds. The maximum atomic E-state index is 10.7. The van der Waals surface area contributed by atoms with E-state index in [1.54, 1.807) is 0 Å². The molecule has 0 aromatic heterocycles. The molecule has 82 valence electrons. The summed E-state index contributed by atoms with van der Waals surface area (Å²) in [7, 11) is 0. The molecule has 0 bridgehead atoms. The van der Waals surface area contributed by atoms with Crippen LogP contribution in [0.5, 0.6) is 0 Å². The van der Waals surface area contributed by atoms with Crippen LogP contribution in [0.1, 0.15) is 34.6 Å². The first kappa shape index (κ1) is 13.4. The molecule has 3 N–H and O–H groups in total. The summed E-state index contributed by atoms with van der Waals surface area (Å²) >= 11 is 5.60. The average molecular weight is 230 g/mol. The number of carboxylic acid groups (broad SMARTS) is 1. The molecular formula is C10H12ClNO3. The summed E-state index contributed by atoms with van der Waals surface area (Å²) in [6, 6.07) is 2.73. The molecule has 5 heteroatoms. The molecule has 0 aliphatic rings. The highest BCUT2D eigenvalue weighted by molar-refractivity contribution is 6.34. The van der Waals surface area contributed by atoms with Crippen LogP contribution in [-0.2, 0) is 0 Å². The first-order valence-corrected chi connectivity index (χ1v) is 4.72. The van der Waals surface area contributed by atoms with E-state index < -0.39 is 5.97 Å². The van der Waals surface area contributed by atoms with E-state index in [9.17, 15) is 9.59 Å². The Balaban J connectivity index is 0.000000921. The van der Waals surface area contributed by atoms with Crippen molar-refractivity contribution >= 4 is 29.5 Å². The van der Waals surface area contributed by atoms with Gasteiger partial charge in [0.05, 0.1) is 10.6 Å². The molecule has 0 heterocycles. The summed E-state index contributed by atoms with van der Waals surface area (Å²) < 4.78 is 0. The van der Waals surface area contributed by atoms with Gasteiger partial charge in [-0.15, -0.1) is 0 Å². The minimum Gasteiger partial charge on any atom is -0.478 e. The Hall–Kier alpha value is -1.55. The maximum Gasteiger partial charge on any atom is 0.338 e. The Morgan fingerprint density at radius 3 is 2.33 bits per heavy atom. The molecule has 4 nitrogen and oxygen atoms in total. The van der Waals surface area contributed by atoms with Crippen LogP contribution in [-0.4, -0.2) is 17.4 Å². The predicted molar refractivity (Wildman–Crippen MR) is 59.6 cm³/mol. The topological polar surface area (TPSA) is 80.4 Å². The molecule has 0 fully saturated rings. The van der Waals surface area contributed by atoms with E-state index in [0.717, 1.165) is 0 Å². The van der Waals surface area contributed by atoms with Gasteiger partial charge in [-0.3, -0.25) is 4.79 Å². The van der Waals surface area contributed by atoms with Crippen LogP contribution >= 0.6 is 11.6 Å². The third-order valence-electron chi connectivity index (χ3n) is 1.56. The summed E-state index contributed by atoms with van der Waals surface area (Å²) in [5, 5.41) is 8.79. The number of aromatic carboxylic acids is 1. The Labute approximate surface area is 92.7 Å². The molecule has 1 aromatic rings. The van der Waals surface area contributed by atoms with Gasteiger partial charge >= 0.3 is 5.97 Å². The highest BCUT2D eigenvalue weighted by Crippen LogP contribution is 2.23. The van der Waals surface area contributed by atoms with Crippen molar-refractivity contribution in [1.82, 2.24) is 0 Å². The van der Waals surface area contributed by atoms with Crippen LogP contribution in [0.25, 0.3) is 0 Å². The Bertz CT molecular complexity index is 377. The van der Waals surface area contributed by atoms with E-state index in [-0.39, 0.29) is 21.8 Å². The summed E-state index contributed by atoms with van der Waals surface area (Å²) in [6.45, 7) is 4.00. The van der Waals surface area contributed by atoms with E-state index in [1.807, 2.05) is 13.8 Å². The van der Waals surface area contributed by atoms with Gasteiger partial charge in [-0.05, 0) is 12.1 Å². The molecule has 0 radical (unpaired) electrons. The lowest BCUT2D eigenvalue weighted by Gasteiger charge is -2.04. The minimum atomic E-state index is -1.26. The van der Waals surface area contributed by atoms with Gasteiger partial charge in [0.1, 0.15) is 0 Å². The maximum absolute atomic E-state index is 10.7. The molecule has 0 unspecified atom stereocenters. The third-order valence-corrected chi connectivity index (χ3v) is 1.89. The molecule has 0 aliphatic carbocycles. The van der Waals surface area contributed by atoms with Crippen molar-refractivity contribution in [2.75, 3.05) is 5.73 Å². The zero-order valence-corrected chi connectivity index (χ0v) is 9.21. The number of halogens is 1. The second-order valence-electron chi connectivity index (χ2n) is 2.35. The summed E-state index contributed by atoms with van der Waals surface area (Å²) in [6.07, 6.45) is 0.377. The molecule has 1 rings (SSSR count). The zero-order chi connectivity index (χ0) is 12.0. The third kappa shape index (κ3) is 2.95. The fraction of sp³-hybridized carbons (Fsp3) is 0.200. The fourth-order valence-electron chi connectivity index (χ4n) is 0.965. The number of hydrogen-bond acceptors (Lipinski definition) is 3. The number of nitrogens with two attached hydrogens (primary N) is 1. The molecule has 0 spiro atoms. The number of aldehydes is 1. The van der Waals surface area contributed by atoms with Crippen LogP contribution in [0.3, 0.4) is 0 Å². The normalized spacial score (nSPS) is 8.73. The Morgan fingerprint density at radius 1 is 1.47 bits per heavy atom. The second-order valence-corrected chi connectivity index (χ2v) is 2.76. The first-order valence-electron chi connectivity index (χ1n) is 4.34. The number of carbonyl (C=O) groups excluding carboxylic acids is 1. The van der Waals surface area contributed by atoms with Gasteiger partial charge in [0.25, 0.3) is 0 Å². The Kier molecular flexibility index (Phi) is 5.41. The van der Waals surface area contributed by atoms with Crippen LogP contribution in [0.4, 0.5) is 5.69 Å². The van der Waals surface area contributed by atoms with E-state index >= 15 is 0 Å². The van der Waals surface area contributed by atoms with Crippen molar-refractivity contribution in [2.45, 2.75) is 13.8 Å². The highest BCUT2D eigenvalue weighted by atomic mass is 35.5. The lowest BCUT2D eigenvalue weighted by atomic mass is 10.1. The molecule has 15 heavy (non-hydrogen) atoms. The standard InChI is InChI=1S/C8H6ClNO3.C2H6/c9-5-1-2-6(10)7(8(12)13)4(5)3-11;1-2/h1-3H,10H2,(H,12,13);1-2H3. The quantitative estimate of drug-likeness (QED) is 0.603. The van der Waals surface area contributed by atoms with E-state index in [1.165, 1.54) is 12.1 Å². The monoisotopic (exact) mass is 229 g/mol. The van der Waals surface area contributed by atoms with Crippen molar-refractivity contribution in [3.8, 4) is 0 Å². The van der Waals surface area contributed by atoms with Crippen LogP contribution in [0.2, 0.25) is 5.02 Å². The van der Waals surface area contributed by atoms with Gasteiger partial charge in [0.2, 0.25) is 0 Å². The van der Waals surface area contributed by atoms with Crippen molar-refractivity contribution < 1.29 is 14.7 Å². The number of carbonyl (C=O) groups is 2. The summed E-state index contributed by atoms with van der Waals surface area (Å²) in [5.41, 5.74) is 5.06. The molecule has 0 saturated carbocycles. The predicted octanol–water partition coefficient (Wildman–Crippen LogP) is 2.46. The van der Waals surface area contributed by atoms with Crippen molar-refractivity contribution in [2.24, 2.45) is 0 Å². The fourth-order valence-corrected chi connectivity index (χ4v) is 1.17. The number of nitrogen functional groups attached to an aromatic ring is 1. The molecule has 0 aliphatic heterocycles. The minimum absolute atomic E-state index is 0.0269. The lowest BCUT2D eigenvalue weighted by Crippen LogP contribution is -2.07. The molecular weight excluding hydrogens is 218 g/mol. The van der Waals surface area contributed by atoms with Gasteiger partial charge in [-0.2, -0.15) is 0 Å². The Morgan fingerprint density at radius 2 is 2.00 bits per heavy atom. The van der Waals surface area contributed by atoms with Crippen LogP contribution < -0.4 is 5.73 Å². The molecule has 0 saturated heterocycles. The van der Waals surface area contributed by atoms with Crippen molar-refractivity contribution in [3.63, 3.8) is 0 Å². The number of rotatable bonds is 2. The zero-order valence-electron chi connectivity index (χ0n) is 8.45. The smallest absolute Gasteiger partial charge is 0.338 e. The van der Waals surface area contributed by atoms with Gasteiger partial charge in [0.15, 0.2) is 6.29 Å². The van der Waals surface area contributed by atoms with E-state index in [4.69, 9.17) is 22.4 Å². The number of benzene rings is 1. The van der Waals surface area contributed by atoms with Crippen LogP contribution in [0.15, 0.2) is 12.1 Å². The largest absolute Gasteiger partial charge is 0.478 e. The van der Waals surface area contributed by atoms with Crippen molar-refractivity contribution in [1.29, 1.82) is 0 Å². The number of carboxylic acids is 1. The second kappa shape index (κ2) is 6.03. The summed E-state index contributed by atoms with van der Waals surface area (Å²) in [5.74, 6) is -1.26. The highest BCUT2D eigenvalue weighted by Gasteiger charge is 2.16. The van der Waals surface area contributed by atoms with Gasteiger partial charge in [-0.1, -0.05) is 25.4 Å². The van der Waals surface area contributed by atoms with Crippen LogP contribution in [0, 0.1) is 0 Å². The van der Waals surface area contributed by atoms with E-state index in [0.29, 0.717) is 6.29 Å². The SMILES string of the molecule is CC.Nc1ccc(Cl)c(C=O)c1C(=O)O. The lowest BCUT2D eigenvalue weighted by molar-refractivity contribution is 0.0695. The van der Waals surface area contributed by atoms with Gasteiger partial charge in [0, 0.05) is 11.3 Å². The van der Waals surface area contributed by atoms with Crippen molar-refractivity contribution in [3.05, 3.63) is 28.3 Å². The molecule has 0 atom stereocenters. The van der Waals surface area contributed by atoms with Gasteiger partial charge < -0.3 is 10.8 Å². The number of hydrogen-bond donors (Lipinski definition) is 2. The first-order chi connectivity index (χ1) is 7.07. The number of anilines is 1. The van der Waals surface area contributed by atoms with E-state index in [2.05, 4.69) is 0 Å². The average Bonchev–Trinajstić information content (AvgIpc) is 2.23. The molecule has 1 aromatic carbocycles. The summed E-state index contributed by atoms with van der Waals surface area (Å²) in [4.78, 5) is 21.2. The van der Waals surface area contributed by atoms with Gasteiger partial charge in [-0.25, -0.2) is 4.79 Å².